The smallest absolute Gasteiger partial charge is 0.111 e. The van der Waals surface area contributed by atoms with E-state index in [0.717, 1.165) is 5.37 Å². The minimum absolute atomic E-state index is 0.0818. The molecule has 0 fully saturated rings. The minimum atomic E-state index is -1.18. The predicted molar refractivity (Wildman–Crippen MR) is 55.7 cm³/mol. The van der Waals surface area contributed by atoms with Gasteiger partial charge in [-0.05, 0) is 11.8 Å². The Morgan fingerprint density at radius 2 is 1.69 bits per heavy atom. The fourth-order valence-electron chi connectivity index (χ4n) is 1.06. The number of hydrogen-bond acceptors (Lipinski definition) is 4. The van der Waals surface area contributed by atoms with E-state index in [1.165, 1.54) is 0 Å². The number of hydrogen-bond donors (Lipinski definition) is 3. The van der Waals surface area contributed by atoms with Crippen LogP contribution in [0.25, 0.3) is 0 Å². The van der Waals surface area contributed by atoms with Crippen LogP contribution in [0.1, 0.15) is 27.2 Å². The maximum atomic E-state index is 9.48. The van der Waals surface area contributed by atoms with Gasteiger partial charge >= 0.3 is 0 Å². The van der Waals surface area contributed by atoms with E-state index in [1.807, 2.05) is 20.8 Å². The lowest BCUT2D eigenvalue weighted by Crippen LogP contribution is -2.39. The number of aliphatic hydroxyl groups excluding tert-OH is 3. The van der Waals surface area contributed by atoms with E-state index in [0.29, 0.717) is 6.42 Å². The second-order valence-corrected chi connectivity index (χ2v) is 4.72. The number of thiocarbonyl (C=S) groups is 1. The molecule has 0 aliphatic carbocycles. The van der Waals surface area contributed by atoms with Gasteiger partial charge in [-0.2, -0.15) is 0 Å². The molecule has 78 valence electrons. The molecular formula is C9H18O3S. The molecule has 0 radical (unpaired) electrons. The first kappa shape index (κ1) is 13.0. The molecule has 0 aliphatic heterocycles. The molecule has 0 rings (SSSR count). The SMILES string of the molecule is CC(C)(C)C[C@@H](O)[C@@H](O)[C@@H](O)C=S. The van der Waals surface area contributed by atoms with E-state index in [2.05, 4.69) is 12.2 Å². The fourth-order valence-corrected chi connectivity index (χ4v) is 1.22. The highest BCUT2D eigenvalue weighted by molar-refractivity contribution is 7.79. The molecule has 13 heavy (non-hydrogen) atoms. The van der Waals surface area contributed by atoms with Gasteiger partial charge in [0.05, 0.1) is 6.10 Å². The van der Waals surface area contributed by atoms with Gasteiger partial charge in [0.25, 0.3) is 0 Å². The third-order valence-corrected chi connectivity index (χ3v) is 1.98. The molecule has 0 amide bonds. The molecule has 4 heteroatoms. The Kier molecular flexibility index (Phi) is 4.99. The van der Waals surface area contributed by atoms with Gasteiger partial charge in [-0.3, -0.25) is 0 Å². The van der Waals surface area contributed by atoms with Crippen molar-refractivity contribution in [1.29, 1.82) is 0 Å². The van der Waals surface area contributed by atoms with Crippen molar-refractivity contribution in [1.82, 2.24) is 0 Å². The summed E-state index contributed by atoms with van der Waals surface area (Å²) < 4.78 is 0. The summed E-state index contributed by atoms with van der Waals surface area (Å²) >= 11 is 4.47. The van der Waals surface area contributed by atoms with Crippen molar-refractivity contribution < 1.29 is 15.3 Å². The van der Waals surface area contributed by atoms with Crippen LogP contribution >= 0.6 is 12.2 Å². The van der Waals surface area contributed by atoms with Crippen LogP contribution in [-0.2, 0) is 0 Å². The van der Waals surface area contributed by atoms with Crippen molar-refractivity contribution in [2.75, 3.05) is 0 Å². The van der Waals surface area contributed by atoms with Crippen molar-refractivity contribution in [2.45, 2.75) is 45.5 Å². The van der Waals surface area contributed by atoms with Gasteiger partial charge in [-0.25, -0.2) is 0 Å². The van der Waals surface area contributed by atoms with Crippen LogP contribution in [0.5, 0.6) is 0 Å². The lowest BCUT2D eigenvalue weighted by Gasteiger charge is -2.26. The van der Waals surface area contributed by atoms with Crippen molar-refractivity contribution in [2.24, 2.45) is 5.41 Å². The van der Waals surface area contributed by atoms with Crippen LogP contribution < -0.4 is 0 Å². The summed E-state index contributed by atoms with van der Waals surface area (Å²) in [6.45, 7) is 5.85. The Balaban J connectivity index is 4.10. The first-order valence-electron chi connectivity index (χ1n) is 4.27. The van der Waals surface area contributed by atoms with Crippen molar-refractivity contribution in [3.05, 3.63) is 0 Å². The molecule has 3 N–H and O–H groups in total. The molecule has 0 aromatic carbocycles. The fraction of sp³-hybridized carbons (Fsp3) is 0.889. The predicted octanol–water partition coefficient (Wildman–Crippen LogP) is 0.505. The maximum absolute atomic E-state index is 9.48. The standard InChI is InChI=1S/C9H18O3S/c1-9(2,3)4-6(10)8(12)7(11)5-13/h5-8,10-12H,4H2,1-3H3/t6-,7+,8-/m1/s1. The van der Waals surface area contributed by atoms with E-state index < -0.39 is 18.3 Å². The van der Waals surface area contributed by atoms with Gasteiger partial charge in [0, 0.05) is 5.37 Å². The van der Waals surface area contributed by atoms with Gasteiger partial charge in [0.15, 0.2) is 0 Å². The first-order valence-corrected chi connectivity index (χ1v) is 4.74. The summed E-state index contributed by atoms with van der Waals surface area (Å²) in [7, 11) is 0. The van der Waals surface area contributed by atoms with Crippen LogP contribution in [0.3, 0.4) is 0 Å². The molecule has 0 spiro atoms. The highest BCUT2D eigenvalue weighted by Gasteiger charge is 2.26. The summed E-state index contributed by atoms with van der Waals surface area (Å²) in [4.78, 5) is 0. The third-order valence-electron chi connectivity index (χ3n) is 1.71. The van der Waals surface area contributed by atoms with E-state index in [-0.39, 0.29) is 5.41 Å². The van der Waals surface area contributed by atoms with Crippen molar-refractivity contribution in [3.8, 4) is 0 Å². The molecule has 0 aromatic rings. The Labute approximate surface area is 84.4 Å². The normalized spacial score (nSPS) is 19.2. The van der Waals surface area contributed by atoms with Gasteiger partial charge in [0.2, 0.25) is 0 Å². The molecule has 3 nitrogen and oxygen atoms in total. The zero-order chi connectivity index (χ0) is 10.6. The highest BCUT2D eigenvalue weighted by Crippen LogP contribution is 2.22. The lowest BCUT2D eigenvalue weighted by molar-refractivity contribution is -0.0471. The average molecular weight is 206 g/mol. The molecule has 0 saturated carbocycles. The Hall–Kier alpha value is -0.0300. The Bertz CT molecular complexity index is 165. The highest BCUT2D eigenvalue weighted by atomic mass is 32.1. The van der Waals surface area contributed by atoms with Gasteiger partial charge in [0.1, 0.15) is 12.2 Å². The molecule has 0 bridgehead atoms. The van der Waals surface area contributed by atoms with Crippen molar-refractivity contribution in [3.63, 3.8) is 0 Å². The Morgan fingerprint density at radius 1 is 1.23 bits per heavy atom. The molecule has 0 aliphatic rings. The molecule has 0 heterocycles. The van der Waals surface area contributed by atoms with E-state index in [4.69, 9.17) is 5.11 Å². The van der Waals surface area contributed by atoms with Gasteiger partial charge < -0.3 is 15.3 Å². The molecule has 0 unspecified atom stereocenters. The summed E-state index contributed by atoms with van der Waals surface area (Å²) in [5, 5.41) is 29.0. The minimum Gasteiger partial charge on any atom is -0.390 e. The zero-order valence-electron chi connectivity index (χ0n) is 8.27. The number of rotatable bonds is 4. The molecule has 0 saturated heterocycles. The molecular weight excluding hydrogens is 188 g/mol. The van der Waals surface area contributed by atoms with E-state index in [9.17, 15) is 10.2 Å². The van der Waals surface area contributed by atoms with Gasteiger partial charge in [-0.15, -0.1) is 0 Å². The number of aliphatic hydroxyl groups is 3. The maximum Gasteiger partial charge on any atom is 0.111 e. The molecule has 3 atom stereocenters. The zero-order valence-corrected chi connectivity index (χ0v) is 9.08. The quantitative estimate of drug-likeness (QED) is 0.586. The monoisotopic (exact) mass is 206 g/mol. The van der Waals surface area contributed by atoms with Crippen molar-refractivity contribution >= 4 is 17.6 Å². The van der Waals surface area contributed by atoms with Crippen LogP contribution in [0, 0.1) is 5.41 Å². The second kappa shape index (κ2) is 5.00. The van der Waals surface area contributed by atoms with Crippen LogP contribution in [0.15, 0.2) is 0 Å². The topological polar surface area (TPSA) is 60.7 Å². The summed E-state index contributed by atoms with van der Waals surface area (Å²) in [5.74, 6) is 0. The van der Waals surface area contributed by atoms with E-state index in [1.54, 1.807) is 0 Å². The van der Waals surface area contributed by atoms with Crippen LogP contribution in [0.4, 0.5) is 0 Å². The molecule has 0 aromatic heterocycles. The van der Waals surface area contributed by atoms with Crippen LogP contribution in [0.2, 0.25) is 0 Å². The first-order chi connectivity index (χ1) is 5.78. The Morgan fingerprint density at radius 3 is 2.00 bits per heavy atom. The summed E-state index contributed by atoms with van der Waals surface area (Å²) in [6.07, 6.45) is -2.83. The lowest BCUT2D eigenvalue weighted by atomic mass is 9.87. The average Bonchev–Trinajstić information content (AvgIpc) is 1.98. The summed E-state index contributed by atoms with van der Waals surface area (Å²) in [6, 6.07) is 0. The third kappa shape index (κ3) is 5.31. The largest absolute Gasteiger partial charge is 0.390 e. The summed E-state index contributed by atoms with van der Waals surface area (Å²) in [5.41, 5.74) is -0.0818. The second-order valence-electron chi connectivity index (χ2n) is 4.45. The van der Waals surface area contributed by atoms with E-state index >= 15 is 0 Å². The van der Waals surface area contributed by atoms with Crippen LogP contribution in [-0.4, -0.2) is 39.0 Å². The van der Waals surface area contributed by atoms with Gasteiger partial charge in [-0.1, -0.05) is 33.0 Å².